The van der Waals surface area contributed by atoms with E-state index in [2.05, 4.69) is 33.9 Å². The number of amides is 1. The summed E-state index contributed by atoms with van der Waals surface area (Å²) >= 11 is 12.7. The van der Waals surface area contributed by atoms with Crippen LogP contribution in [0, 0.1) is 0 Å². The van der Waals surface area contributed by atoms with E-state index < -0.39 is 0 Å². The molecular formula is C35H50Cl2N4O2. The highest BCUT2D eigenvalue weighted by Crippen LogP contribution is 2.35. The molecule has 0 radical (unpaired) electrons. The number of carbonyl (C=O) groups is 2. The number of Topliss-reactive ketones (excluding diaryl/α,β-unsaturated/α-hetero) is 1. The molecule has 43 heavy (non-hydrogen) atoms. The van der Waals surface area contributed by atoms with Gasteiger partial charge in [0.15, 0.2) is 5.78 Å². The van der Waals surface area contributed by atoms with E-state index in [0.29, 0.717) is 22.5 Å². The molecule has 2 fully saturated rings. The summed E-state index contributed by atoms with van der Waals surface area (Å²) in [6.07, 6.45) is 8.32. The first-order valence-corrected chi connectivity index (χ1v) is 17.1. The van der Waals surface area contributed by atoms with E-state index in [9.17, 15) is 9.59 Å². The maximum atomic E-state index is 14.2. The van der Waals surface area contributed by atoms with Gasteiger partial charge >= 0.3 is 0 Å². The molecule has 236 valence electrons. The van der Waals surface area contributed by atoms with Crippen molar-refractivity contribution in [1.82, 2.24) is 20.0 Å². The number of likely N-dealkylation sites (tertiary alicyclic amines) is 2. The van der Waals surface area contributed by atoms with Gasteiger partial charge in [-0.2, -0.15) is 0 Å². The van der Waals surface area contributed by atoms with Crippen molar-refractivity contribution in [3.63, 3.8) is 0 Å². The number of halogens is 2. The van der Waals surface area contributed by atoms with E-state index in [-0.39, 0.29) is 23.8 Å². The van der Waals surface area contributed by atoms with Gasteiger partial charge in [-0.1, -0.05) is 79.9 Å². The fourth-order valence-corrected chi connectivity index (χ4v) is 7.17. The lowest BCUT2D eigenvalue weighted by atomic mass is 9.82. The summed E-state index contributed by atoms with van der Waals surface area (Å²) in [7, 11) is 0. The Balaban J connectivity index is 1.41. The van der Waals surface area contributed by atoms with Crippen LogP contribution in [-0.4, -0.2) is 90.8 Å². The number of hydrogen-bond acceptors (Lipinski definition) is 5. The molecule has 6 nitrogen and oxygen atoms in total. The number of carbonyl (C=O) groups excluding carboxylic acids is 2. The van der Waals surface area contributed by atoms with Crippen LogP contribution in [0.3, 0.4) is 0 Å². The van der Waals surface area contributed by atoms with E-state index >= 15 is 0 Å². The quantitative estimate of drug-likeness (QED) is 0.217. The topological polar surface area (TPSA) is 55.9 Å². The molecular weight excluding hydrogens is 579 g/mol. The molecule has 2 aliphatic heterocycles. The fraction of sp³-hybridized carbons (Fsp3) is 0.600. The van der Waals surface area contributed by atoms with Crippen molar-refractivity contribution >= 4 is 34.9 Å². The lowest BCUT2D eigenvalue weighted by Crippen LogP contribution is -2.65. The second-order valence-electron chi connectivity index (χ2n) is 12.3. The van der Waals surface area contributed by atoms with Crippen molar-refractivity contribution in [1.29, 1.82) is 0 Å². The van der Waals surface area contributed by atoms with Gasteiger partial charge in [-0.25, -0.2) is 0 Å². The van der Waals surface area contributed by atoms with Gasteiger partial charge in [0.25, 0.3) is 0 Å². The van der Waals surface area contributed by atoms with Crippen LogP contribution in [0.1, 0.15) is 87.1 Å². The Kier molecular flexibility index (Phi) is 13.4. The Morgan fingerprint density at radius 3 is 2.21 bits per heavy atom. The molecule has 2 heterocycles. The molecule has 1 amide bonds. The zero-order valence-corrected chi connectivity index (χ0v) is 27.6. The van der Waals surface area contributed by atoms with Crippen LogP contribution >= 0.6 is 23.2 Å². The average molecular weight is 630 g/mol. The van der Waals surface area contributed by atoms with Crippen LogP contribution < -0.4 is 5.32 Å². The minimum atomic E-state index is -0.371. The Labute approximate surface area is 269 Å². The van der Waals surface area contributed by atoms with Crippen molar-refractivity contribution in [3.8, 4) is 0 Å². The van der Waals surface area contributed by atoms with Crippen LogP contribution in [0.15, 0.2) is 48.5 Å². The molecule has 2 aliphatic rings. The highest BCUT2D eigenvalue weighted by molar-refractivity contribution is 6.42. The molecule has 8 heteroatoms. The Hall–Kier alpha value is -1.96. The molecule has 4 rings (SSSR count). The van der Waals surface area contributed by atoms with E-state index in [1.54, 1.807) is 0 Å². The molecule has 1 atom stereocenters. The zero-order chi connectivity index (χ0) is 30.7. The second-order valence-corrected chi connectivity index (χ2v) is 13.1. The van der Waals surface area contributed by atoms with Crippen LogP contribution in [0.4, 0.5) is 0 Å². The van der Waals surface area contributed by atoms with Gasteiger partial charge in [0.2, 0.25) is 5.91 Å². The largest absolute Gasteiger partial charge is 0.341 e. The first-order chi connectivity index (χ1) is 20.9. The summed E-state index contributed by atoms with van der Waals surface area (Å²) < 4.78 is 0. The zero-order valence-electron chi connectivity index (χ0n) is 26.1. The maximum Gasteiger partial charge on any atom is 0.243 e. The second kappa shape index (κ2) is 16.9. The molecule has 1 N–H and O–H groups in total. The fourth-order valence-electron chi connectivity index (χ4n) is 6.86. The van der Waals surface area contributed by atoms with Crippen molar-refractivity contribution in [2.24, 2.45) is 0 Å². The summed E-state index contributed by atoms with van der Waals surface area (Å²) in [4.78, 5) is 34.1. The van der Waals surface area contributed by atoms with Crippen LogP contribution in [-0.2, 0) is 4.79 Å². The lowest BCUT2D eigenvalue weighted by molar-refractivity contribution is -0.150. The summed E-state index contributed by atoms with van der Waals surface area (Å²) in [6, 6.07) is 15.3. The third-order valence-electron chi connectivity index (χ3n) is 9.30. The Morgan fingerprint density at radius 2 is 1.58 bits per heavy atom. The van der Waals surface area contributed by atoms with Gasteiger partial charge in [0.05, 0.1) is 16.6 Å². The first kappa shape index (κ1) is 33.9. The van der Waals surface area contributed by atoms with E-state index in [0.717, 1.165) is 89.0 Å². The standard InChI is InChI=1S/C35H50Cl2N4O2/c1-3-18-40(19-4-2)34(43)35(41-20-9-6-10-21-41)16-23-39(24-17-35)22-15-30(29-13-14-31(36)32(37)25-29)26-38-27-33(42)28-11-7-5-8-12-28/h5,7-8,11-14,25,30,38H,3-4,6,9-10,15-24,26-27H2,1-2H3. The SMILES string of the molecule is CCCN(CCC)C(=O)C1(N2CCCCC2)CCN(CCC(CNCC(=O)c2ccccc2)c2ccc(Cl)c(Cl)c2)CC1. The first-order valence-electron chi connectivity index (χ1n) is 16.4. The van der Waals surface area contributed by atoms with Crippen molar-refractivity contribution in [2.45, 2.75) is 76.7 Å². The van der Waals surface area contributed by atoms with Gasteiger partial charge in [-0.3, -0.25) is 14.5 Å². The minimum Gasteiger partial charge on any atom is -0.341 e. The molecule has 0 aliphatic carbocycles. The number of piperidine rings is 2. The summed E-state index contributed by atoms with van der Waals surface area (Å²) in [5.74, 6) is 0.625. The number of rotatable bonds is 15. The third-order valence-corrected chi connectivity index (χ3v) is 10.0. The molecule has 2 aromatic rings. The summed E-state index contributed by atoms with van der Waals surface area (Å²) in [5.41, 5.74) is 1.47. The normalized spacial score (nSPS) is 18.3. The number of ketones is 1. The number of nitrogens with one attached hydrogen (secondary N) is 1. The molecule has 0 saturated carbocycles. The lowest BCUT2D eigenvalue weighted by Gasteiger charge is -2.50. The van der Waals surface area contributed by atoms with Crippen LogP contribution in [0.5, 0.6) is 0 Å². The Bertz CT molecular complexity index is 1160. The third kappa shape index (κ3) is 9.04. The number of hydrogen-bond donors (Lipinski definition) is 1. The van der Waals surface area contributed by atoms with E-state index in [1.165, 1.54) is 19.3 Å². The molecule has 1 unspecified atom stereocenters. The smallest absolute Gasteiger partial charge is 0.243 e. The molecule has 2 saturated heterocycles. The monoisotopic (exact) mass is 628 g/mol. The summed E-state index contributed by atoms with van der Waals surface area (Å²) in [6.45, 7) is 11.8. The van der Waals surface area contributed by atoms with E-state index in [1.807, 2.05) is 48.5 Å². The maximum absolute atomic E-state index is 14.2. The van der Waals surface area contributed by atoms with Crippen LogP contribution in [0.25, 0.3) is 0 Å². The molecule has 0 bridgehead atoms. The highest BCUT2D eigenvalue weighted by atomic mass is 35.5. The highest BCUT2D eigenvalue weighted by Gasteiger charge is 2.47. The van der Waals surface area contributed by atoms with Crippen molar-refractivity contribution in [2.75, 3.05) is 58.9 Å². The molecule has 0 spiro atoms. The van der Waals surface area contributed by atoms with Crippen molar-refractivity contribution < 1.29 is 9.59 Å². The van der Waals surface area contributed by atoms with Gasteiger partial charge in [-0.05, 0) is 88.2 Å². The predicted molar refractivity (Wildman–Crippen MR) is 178 cm³/mol. The van der Waals surface area contributed by atoms with E-state index in [4.69, 9.17) is 23.2 Å². The minimum absolute atomic E-state index is 0.0865. The Morgan fingerprint density at radius 1 is 0.907 bits per heavy atom. The van der Waals surface area contributed by atoms with Crippen LogP contribution in [0.2, 0.25) is 10.0 Å². The molecule has 2 aromatic carbocycles. The van der Waals surface area contributed by atoms with Gasteiger partial charge in [0.1, 0.15) is 5.54 Å². The van der Waals surface area contributed by atoms with Gasteiger partial charge < -0.3 is 15.1 Å². The number of nitrogens with zero attached hydrogens (tertiary/aromatic N) is 3. The number of benzene rings is 2. The summed E-state index contributed by atoms with van der Waals surface area (Å²) in [5, 5.41) is 4.51. The predicted octanol–water partition coefficient (Wildman–Crippen LogP) is 6.91. The van der Waals surface area contributed by atoms with Gasteiger partial charge in [-0.15, -0.1) is 0 Å². The van der Waals surface area contributed by atoms with Gasteiger partial charge in [0, 0.05) is 38.3 Å². The van der Waals surface area contributed by atoms with Crippen molar-refractivity contribution in [3.05, 3.63) is 69.7 Å². The average Bonchev–Trinajstić information content (AvgIpc) is 3.04. The molecule has 0 aromatic heterocycles.